The minimum absolute atomic E-state index is 0. The average molecular weight is 1470 g/mol. The van der Waals surface area contributed by atoms with Gasteiger partial charge in [0.1, 0.15) is 0 Å². The van der Waals surface area contributed by atoms with E-state index < -0.39 is 69.2 Å². The summed E-state index contributed by atoms with van der Waals surface area (Å²) >= 11 is 0. The number of nitrogens with two attached hydrogens (primary N) is 6. The normalized spacial score (nSPS) is 20.9. The first-order chi connectivity index (χ1) is 26.5. The van der Waals surface area contributed by atoms with E-state index in [1.807, 2.05) is 57.0 Å². The Morgan fingerprint density at radius 2 is 0.525 bits per heavy atom. The molecule has 29 nitrogen and oxygen atoms in total. The van der Waals surface area contributed by atoms with Gasteiger partial charge in [-0.1, -0.05) is 0 Å². The van der Waals surface area contributed by atoms with Crippen LogP contribution in [0.1, 0.15) is 38.5 Å². The van der Waals surface area contributed by atoms with Gasteiger partial charge in [-0.05, 0) is 98.6 Å². The average Bonchev–Trinajstić information content (AvgIpc) is 3.05. The number of hydrogen-bond acceptors (Lipinski definition) is 29. The third-order valence-corrected chi connectivity index (χ3v) is 9.27. The number of nitrogens with zero attached hydrogens (tertiary/aromatic N) is 3. The SMILES string of the molecule is CN(C)C1CC(C(C(=O)ON)C(=O)ON)C1.CN(C)C1CC(C(C(=O)ON)C(=O)ON)C1.CN(C)C1CC(C(C(=O)ON)C(=O)ON)C1.O=P([O-])([O-])[O-].O=P([O-])([O-])[O-].[Pt+2].[Pt+2].[Pt+2]. The monoisotopic (exact) mass is 1470 g/mol. The van der Waals surface area contributed by atoms with E-state index in [1.165, 1.54) is 0 Å². The van der Waals surface area contributed by atoms with Crippen LogP contribution in [0.3, 0.4) is 0 Å². The Balaban J connectivity index is -0.000000226. The Morgan fingerprint density at radius 1 is 0.410 bits per heavy atom. The second-order valence-corrected chi connectivity index (χ2v) is 15.3. The molecule has 3 aliphatic rings. The summed E-state index contributed by atoms with van der Waals surface area (Å²) in [5.41, 5.74) is 0. The van der Waals surface area contributed by atoms with Crippen LogP contribution < -0.4 is 64.7 Å². The van der Waals surface area contributed by atoms with Crippen LogP contribution in [0.2, 0.25) is 0 Å². The summed E-state index contributed by atoms with van der Waals surface area (Å²) in [4.78, 5) is 150. The zero-order chi connectivity index (χ0) is 45.9. The van der Waals surface area contributed by atoms with E-state index >= 15 is 0 Å². The molecule has 0 aromatic heterocycles. The summed E-state index contributed by atoms with van der Waals surface area (Å²) < 4.78 is 17.1. The van der Waals surface area contributed by atoms with Crippen LogP contribution in [0.15, 0.2) is 0 Å². The van der Waals surface area contributed by atoms with E-state index in [0.717, 1.165) is 38.5 Å². The zero-order valence-electron chi connectivity index (χ0n) is 33.3. The van der Waals surface area contributed by atoms with E-state index in [0.29, 0.717) is 18.1 Å². The van der Waals surface area contributed by atoms with Gasteiger partial charge in [-0.3, -0.25) is 0 Å². The molecule has 0 unspecified atom stereocenters. The molecule has 0 spiro atoms. The number of carbonyl (C=O) groups is 6. The van der Waals surface area contributed by atoms with E-state index in [2.05, 4.69) is 29.0 Å². The molecule has 0 heterocycles. The van der Waals surface area contributed by atoms with Gasteiger partial charge in [-0.2, -0.15) is 51.0 Å². The Bertz CT molecular complexity index is 1220. The second kappa shape index (κ2) is 33.3. The number of rotatable bonds is 12. The van der Waals surface area contributed by atoms with E-state index in [-0.39, 0.29) is 80.9 Å². The predicted octanol–water partition coefficient (Wildman–Crippen LogP) is -9.33. The van der Waals surface area contributed by atoms with Crippen molar-refractivity contribution in [2.45, 2.75) is 56.7 Å². The number of phosphoric acid groups is 2. The third-order valence-electron chi connectivity index (χ3n) is 9.27. The predicted molar refractivity (Wildman–Crippen MR) is 178 cm³/mol. The van der Waals surface area contributed by atoms with E-state index in [9.17, 15) is 28.8 Å². The quantitative estimate of drug-likeness (QED) is 0.0600. The Morgan fingerprint density at radius 3 is 0.607 bits per heavy atom. The van der Waals surface area contributed by atoms with Crippen molar-refractivity contribution in [3.8, 4) is 0 Å². The van der Waals surface area contributed by atoms with E-state index in [4.69, 9.17) is 73.9 Å². The molecule has 0 radical (unpaired) electrons. The molecule has 0 aliphatic heterocycles. The molecule has 61 heavy (non-hydrogen) atoms. The second-order valence-electron chi connectivity index (χ2n) is 13.5. The fourth-order valence-electron chi connectivity index (χ4n) is 5.85. The fourth-order valence-corrected chi connectivity index (χ4v) is 5.85. The van der Waals surface area contributed by atoms with Crippen LogP contribution in [0, 0.1) is 35.5 Å². The van der Waals surface area contributed by atoms with Crippen molar-refractivity contribution in [2.75, 3.05) is 42.3 Å². The van der Waals surface area contributed by atoms with Crippen LogP contribution in [0.4, 0.5) is 0 Å². The molecule has 0 saturated heterocycles. The van der Waals surface area contributed by atoms with Crippen LogP contribution >= 0.6 is 15.6 Å². The molecule has 3 rings (SSSR count). The first kappa shape index (κ1) is 68.8. The Kier molecular flexibility index (Phi) is 37.5. The summed E-state index contributed by atoms with van der Waals surface area (Å²) in [5, 5.41) is 0. The molecule has 3 aliphatic carbocycles. The van der Waals surface area contributed by atoms with Crippen molar-refractivity contribution < 1.29 is 159 Å². The van der Waals surface area contributed by atoms with Gasteiger partial charge in [0.2, 0.25) is 0 Å². The molecule has 364 valence electrons. The molecule has 0 aromatic rings. The zero-order valence-corrected chi connectivity index (χ0v) is 41.9. The van der Waals surface area contributed by atoms with Crippen LogP contribution in [0.25, 0.3) is 0 Å². The first-order valence-corrected chi connectivity index (χ1v) is 19.3. The minimum atomic E-state index is -5.39. The minimum Gasteiger partial charge on any atom is -0.822 e. The summed E-state index contributed by atoms with van der Waals surface area (Å²) in [6.07, 6.45) is 4.34. The van der Waals surface area contributed by atoms with E-state index in [1.54, 1.807) is 0 Å². The van der Waals surface area contributed by atoms with Crippen molar-refractivity contribution >= 4 is 51.5 Å². The molecule has 12 N–H and O–H groups in total. The van der Waals surface area contributed by atoms with Crippen molar-refractivity contribution in [1.29, 1.82) is 0 Å². The molecular formula is C27H51N9O20P2Pt3. The van der Waals surface area contributed by atoms with Gasteiger partial charge in [-0.15, -0.1) is 0 Å². The standard InChI is InChI=1S/3C9H17N3O4.2H3O4P.3Pt/c3*1-12(2)6-3-5(4-6)7(8(13)15-10)9(14)16-11;2*1-5(2,3)4;;;/h3*5-7H,3-4,10-11H2,1-2H3;2*(H3,1,2,3,4);;;/q;;;;;3*+2/p-6. The van der Waals surface area contributed by atoms with Gasteiger partial charge < -0.3 is 82.2 Å². The van der Waals surface area contributed by atoms with Gasteiger partial charge in [0.05, 0.1) is 0 Å². The van der Waals surface area contributed by atoms with Crippen LogP contribution in [-0.4, -0.2) is 111 Å². The van der Waals surface area contributed by atoms with Crippen LogP contribution in [0.5, 0.6) is 0 Å². The van der Waals surface area contributed by atoms with Crippen molar-refractivity contribution in [3.63, 3.8) is 0 Å². The fraction of sp³-hybridized carbons (Fsp3) is 0.778. The molecule has 34 heteroatoms. The Labute approximate surface area is 393 Å². The van der Waals surface area contributed by atoms with Gasteiger partial charge >= 0.3 is 99.0 Å². The maximum absolute atomic E-state index is 11.3. The number of carbonyl (C=O) groups excluding carboxylic acids is 6. The number of hydrogen-bond donors (Lipinski definition) is 6. The van der Waals surface area contributed by atoms with Crippen molar-refractivity contribution in [1.82, 2.24) is 14.7 Å². The van der Waals surface area contributed by atoms with Crippen molar-refractivity contribution in [2.24, 2.45) is 70.9 Å². The smallest absolute Gasteiger partial charge is 0.822 e. The topological polar surface area (TPSA) is 496 Å². The maximum atomic E-state index is 11.3. The third kappa shape index (κ3) is 27.6. The molecule has 3 saturated carbocycles. The molecule has 0 bridgehead atoms. The molecule has 0 aromatic carbocycles. The maximum Gasteiger partial charge on any atom is 2.00 e. The molecular weight excluding hydrogens is 1420 g/mol. The van der Waals surface area contributed by atoms with Crippen LogP contribution in [-0.2, 0) is 130 Å². The Hall–Kier alpha value is -1.26. The largest absolute Gasteiger partial charge is 2.00 e. The first-order valence-electron chi connectivity index (χ1n) is 16.4. The van der Waals surface area contributed by atoms with Gasteiger partial charge in [0.25, 0.3) is 0 Å². The molecule has 3 fully saturated rings. The summed E-state index contributed by atoms with van der Waals surface area (Å²) in [6.45, 7) is 0. The van der Waals surface area contributed by atoms with Crippen molar-refractivity contribution in [3.05, 3.63) is 0 Å². The molecule has 0 amide bonds. The van der Waals surface area contributed by atoms with Gasteiger partial charge in [0.15, 0.2) is 17.8 Å². The van der Waals surface area contributed by atoms with Gasteiger partial charge in [-0.25, -0.2) is 28.8 Å². The summed E-state index contributed by atoms with van der Waals surface area (Å²) in [7, 11) is 0.879. The van der Waals surface area contributed by atoms with Gasteiger partial charge in [0, 0.05) is 18.1 Å². The summed E-state index contributed by atoms with van der Waals surface area (Å²) in [5.74, 6) is 20.5. The molecule has 0 atom stereocenters. The summed E-state index contributed by atoms with van der Waals surface area (Å²) in [6, 6.07) is 1.09.